The summed E-state index contributed by atoms with van der Waals surface area (Å²) in [4.78, 5) is 11.5. The Morgan fingerprint density at radius 2 is 0.762 bits per heavy atom. The Bertz CT molecular complexity index is 1310. The van der Waals surface area contributed by atoms with Gasteiger partial charge in [0.05, 0.1) is 0 Å². The van der Waals surface area contributed by atoms with Gasteiger partial charge in [0.25, 0.3) is 0 Å². The lowest BCUT2D eigenvalue weighted by atomic mass is 9.66. The number of phosphoric ester groups is 1. The van der Waals surface area contributed by atoms with Gasteiger partial charge >= 0.3 is 7.82 Å². The Balaban J connectivity index is 2.67. The van der Waals surface area contributed by atoms with E-state index in [4.69, 9.17) is 9.05 Å². The minimum absolute atomic E-state index is 0.147. The first-order valence-electron chi connectivity index (χ1n) is 15.5. The number of rotatable bonds is 0. The largest absolute Gasteiger partial charge is 0.584 e. The van der Waals surface area contributed by atoms with Crippen molar-refractivity contribution in [3.63, 3.8) is 0 Å². The van der Waals surface area contributed by atoms with Crippen LogP contribution >= 0.6 is 7.82 Å². The van der Waals surface area contributed by atoms with Crippen molar-refractivity contribution in [1.82, 2.24) is 0 Å². The fourth-order valence-corrected chi connectivity index (χ4v) is 7.46. The van der Waals surface area contributed by atoms with Crippen LogP contribution in [0.25, 0.3) is 0 Å². The molecule has 0 amide bonds. The van der Waals surface area contributed by atoms with Gasteiger partial charge < -0.3 is 9.05 Å². The van der Waals surface area contributed by atoms with E-state index in [9.17, 15) is 9.46 Å². The molecular weight excluding hydrogens is 539 g/mol. The second kappa shape index (κ2) is 10.1. The summed E-state index contributed by atoms with van der Waals surface area (Å²) in [7, 11) is -4.57. The maximum absolute atomic E-state index is 14.1. The molecule has 236 valence electrons. The molecule has 1 aliphatic heterocycles. The zero-order chi connectivity index (χ0) is 32.8. The number of hydrogen-bond acceptors (Lipinski definition) is 3. The third-order valence-electron chi connectivity index (χ3n) is 8.12. The minimum atomic E-state index is -4.57. The lowest BCUT2D eigenvalue weighted by Crippen LogP contribution is -2.31. The molecule has 0 radical (unpaired) electrons. The molecule has 42 heavy (non-hydrogen) atoms. The zero-order valence-electron chi connectivity index (χ0n) is 30.0. The van der Waals surface area contributed by atoms with Crippen molar-refractivity contribution in [2.24, 2.45) is 0 Å². The van der Waals surface area contributed by atoms with Gasteiger partial charge in [-0.05, 0) is 65.9 Å². The molecule has 1 heterocycles. The summed E-state index contributed by atoms with van der Waals surface area (Å²) in [5.74, 6) is 0.984. The summed E-state index contributed by atoms with van der Waals surface area (Å²) in [6, 6.07) is 4.48. The first kappa shape index (κ1) is 34.7. The highest BCUT2D eigenvalue weighted by Crippen LogP contribution is 2.58. The maximum atomic E-state index is 14.1. The number of benzene rings is 2. The van der Waals surface area contributed by atoms with E-state index in [-0.39, 0.29) is 32.5 Å². The van der Waals surface area contributed by atoms with E-state index < -0.39 is 7.82 Å². The van der Waals surface area contributed by atoms with E-state index >= 15 is 0 Å². The summed E-state index contributed by atoms with van der Waals surface area (Å²) in [6.07, 6.45) is 0.540. The predicted molar refractivity (Wildman–Crippen MR) is 179 cm³/mol. The van der Waals surface area contributed by atoms with Gasteiger partial charge in [-0.15, -0.1) is 0 Å². The highest BCUT2D eigenvalue weighted by atomic mass is 31.2. The van der Waals surface area contributed by atoms with E-state index in [0.717, 1.165) is 22.3 Å². The normalized spacial score (nSPS) is 16.5. The standard InChI is InChI=1S/C37H59O4P/c1-32(2,3)24-20-22-19-23-21-25(33(4,5)6)27(35(10,11)12)29(37(16,17)18)31(23)41-42(38,39)40-30(22)28(36(13,14)15)26(24)34(7,8)9/h20-21H,19H2,1-18H3,(H,38,39). The van der Waals surface area contributed by atoms with Crippen molar-refractivity contribution >= 4 is 7.82 Å². The predicted octanol–water partition coefficient (Wildman–Crippen LogP) is 10.9. The summed E-state index contributed by atoms with van der Waals surface area (Å²) in [5.41, 5.74) is 7.25. The molecule has 0 fully saturated rings. The number of fused-ring (bicyclic) bond motifs is 2. The topological polar surface area (TPSA) is 55.8 Å². The SMILES string of the molecule is CC(C)(C)c1cc2c(c(C(C)(C)C)c1C(C)(C)C)OP(=O)(O)Oc1c(cc(C(C)(C)C)c(C(C)(C)C)c1C(C)(C)C)C2. The van der Waals surface area contributed by atoms with E-state index in [0.29, 0.717) is 17.9 Å². The second-order valence-electron chi connectivity index (χ2n) is 18.7. The van der Waals surface area contributed by atoms with Gasteiger partial charge in [0.15, 0.2) is 0 Å². The van der Waals surface area contributed by atoms with Gasteiger partial charge in [0.1, 0.15) is 11.5 Å². The van der Waals surface area contributed by atoms with Gasteiger partial charge in [0, 0.05) is 17.5 Å². The van der Waals surface area contributed by atoms with Crippen LogP contribution < -0.4 is 9.05 Å². The molecule has 0 bridgehead atoms. The minimum Gasteiger partial charge on any atom is -0.395 e. The number of hydrogen-bond donors (Lipinski definition) is 1. The van der Waals surface area contributed by atoms with Crippen molar-refractivity contribution in [1.29, 1.82) is 0 Å². The molecule has 1 aliphatic rings. The van der Waals surface area contributed by atoms with Gasteiger partial charge in [0.2, 0.25) is 0 Å². The third kappa shape index (κ3) is 6.81. The lowest BCUT2D eigenvalue weighted by Gasteiger charge is -2.41. The highest BCUT2D eigenvalue weighted by Gasteiger charge is 2.43. The third-order valence-corrected chi connectivity index (χ3v) is 8.95. The first-order chi connectivity index (χ1) is 18.4. The van der Waals surface area contributed by atoms with E-state index in [1.807, 2.05) is 0 Å². The molecule has 2 aromatic rings. The van der Waals surface area contributed by atoms with Gasteiger partial charge in [-0.2, -0.15) is 0 Å². The van der Waals surface area contributed by atoms with Gasteiger partial charge in [-0.1, -0.05) is 137 Å². The van der Waals surface area contributed by atoms with Crippen LogP contribution in [-0.4, -0.2) is 4.89 Å². The average Bonchev–Trinajstić information content (AvgIpc) is 2.68. The molecule has 0 saturated heterocycles. The number of phosphoric acid groups is 1. The molecule has 0 spiro atoms. The Labute approximate surface area is 257 Å². The lowest BCUT2D eigenvalue weighted by molar-refractivity contribution is 0.280. The average molecular weight is 599 g/mol. The molecule has 0 aliphatic carbocycles. The van der Waals surface area contributed by atoms with Crippen molar-refractivity contribution in [2.75, 3.05) is 0 Å². The molecule has 3 rings (SSSR count). The molecule has 4 nitrogen and oxygen atoms in total. The van der Waals surface area contributed by atoms with Crippen molar-refractivity contribution < 1.29 is 18.5 Å². The fourth-order valence-electron chi connectivity index (χ4n) is 6.54. The van der Waals surface area contributed by atoms with Crippen LogP contribution in [0, 0.1) is 0 Å². The van der Waals surface area contributed by atoms with Gasteiger partial charge in [-0.3, -0.25) is 4.89 Å². The Morgan fingerprint density at radius 1 is 0.500 bits per heavy atom. The van der Waals surface area contributed by atoms with Crippen LogP contribution in [0.3, 0.4) is 0 Å². The quantitative estimate of drug-likeness (QED) is 0.307. The summed E-state index contributed by atoms with van der Waals surface area (Å²) < 4.78 is 26.5. The smallest absolute Gasteiger partial charge is 0.395 e. The van der Waals surface area contributed by atoms with E-state index in [1.165, 1.54) is 22.3 Å². The van der Waals surface area contributed by atoms with Crippen molar-refractivity contribution in [2.45, 2.75) is 164 Å². The molecule has 0 atom stereocenters. The fraction of sp³-hybridized carbons (Fsp3) is 0.676. The van der Waals surface area contributed by atoms with Crippen molar-refractivity contribution in [3.8, 4) is 11.5 Å². The molecule has 0 saturated carbocycles. The van der Waals surface area contributed by atoms with Gasteiger partial charge in [-0.25, -0.2) is 4.57 Å². The molecular formula is C37H59O4P. The van der Waals surface area contributed by atoms with Crippen LogP contribution in [0.1, 0.15) is 169 Å². The van der Waals surface area contributed by atoms with Crippen LogP contribution in [0.15, 0.2) is 12.1 Å². The Hall–Kier alpha value is -1.77. The van der Waals surface area contributed by atoms with Crippen LogP contribution in [0.5, 0.6) is 11.5 Å². The second-order valence-corrected chi connectivity index (χ2v) is 20.0. The summed E-state index contributed by atoms with van der Waals surface area (Å²) in [5, 5.41) is 0. The Morgan fingerprint density at radius 3 is 0.976 bits per heavy atom. The summed E-state index contributed by atoms with van der Waals surface area (Å²) >= 11 is 0. The van der Waals surface area contributed by atoms with Crippen molar-refractivity contribution in [3.05, 3.63) is 56.6 Å². The molecule has 2 aromatic carbocycles. The van der Waals surface area contributed by atoms with E-state index in [2.05, 4.69) is 137 Å². The monoisotopic (exact) mass is 598 g/mol. The summed E-state index contributed by atoms with van der Waals surface area (Å²) in [6.45, 7) is 39.7. The van der Waals surface area contributed by atoms with Crippen LogP contribution in [0.4, 0.5) is 0 Å². The highest BCUT2D eigenvalue weighted by molar-refractivity contribution is 7.48. The van der Waals surface area contributed by atoms with Crippen LogP contribution in [-0.2, 0) is 43.5 Å². The molecule has 5 heteroatoms. The molecule has 1 N–H and O–H groups in total. The Kier molecular flexibility index (Phi) is 8.37. The molecule has 0 aromatic heterocycles. The molecule has 0 unspecified atom stereocenters. The van der Waals surface area contributed by atoms with E-state index in [1.54, 1.807) is 0 Å². The van der Waals surface area contributed by atoms with Crippen LogP contribution in [0.2, 0.25) is 0 Å². The first-order valence-corrected chi connectivity index (χ1v) is 17.0. The zero-order valence-corrected chi connectivity index (χ0v) is 30.9. The maximum Gasteiger partial charge on any atom is 0.584 e.